The van der Waals surface area contributed by atoms with Gasteiger partial charge in [-0.1, -0.05) is 18.2 Å². The van der Waals surface area contributed by atoms with Crippen molar-refractivity contribution < 1.29 is 5.11 Å². The summed E-state index contributed by atoms with van der Waals surface area (Å²) < 4.78 is 0. The predicted octanol–water partition coefficient (Wildman–Crippen LogP) is 4.17. The summed E-state index contributed by atoms with van der Waals surface area (Å²) in [6.45, 7) is 0. The van der Waals surface area contributed by atoms with Crippen molar-refractivity contribution >= 4 is 34.0 Å². The highest BCUT2D eigenvalue weighted by atomic mass is 32.2. The zero-order valence-corrected chi connectivity index (χ0v) is 13.1. The van der Waals surface area contributed by atoms with Gasteiger partial charge in [-0.2, -0.15) is 11.8 Å². The molecular formula is C17H15NOS2. The number of hydrogen-bond donors (Lipinski definition) is 1. The fourth-order valence-electron chi connectivity index (χ4n) is 2.82. The van der Waals surface area contributed by atoms with Gasteiger partial charge in [0.05, 0.1) is 5.52 Å². The number of benzene rings is 1. The van der Waals surface area contributed by atoms with E-state index < -0.39 is 6.10 Å². The maximum absolute atomic E-state index is 10.8. The molecule has 3 heterocycles. The van der Waals surface area contributed by atoms with Gasteiger partial charge in [0.1, 0.15) is 6.10 Å². The molecule has 2 aromatic heterocycles. The number of aliphatic hydroxyl groups is 1. The van der Waals surface area contributed by atoms with Crippen LogP contribution in [0.1, 0.15) is 27.0 Å². The molecule has 0 bridgehead atoms. The molecule has 0 saturated heterocycles. The van der Waals surface area contributed by atoms with Crippen LogP contribution in [0.15, 0.2) is 42.6 Å². The molecule has 4 rings (SSSR count). The minimum absolute atomic E-state index is 0.557. The first-order valence-electron chi connectivity index (χ1n) is 7.04. The molecule has 0 fully saturated rings. The molecule has 2 nitrogen and oxygen atoms in total. The first-order valence-corrected chi connectivity index (χ1v) is 9.01. The minimum Gasteiger partial charge on any atom is -0.383 e. The Bertz CT molecular complexity index is 768. The number of thiophene rings is 1. The second-order valence-electron chi connectivity index (χ2n) is 5.22. The summed E-state index contributed by atoms with van der Waals surface area (Å²) >= 11 is 3.74. The van der Waals surface area contributed by atoms with Gasteiger partial charge in [-0.3, -0.25) is 4.98 Å². The fraction of sp³-hybridized carbons (Fsp3) is 0.235. The van der Waals surface area contributed by atoms with E-state index in [1.807, 2.05) is 42.1 Å². The largest absolute Gasteiger partial charge is 0.383 e. The number of aryl methyl sites for hydroxylation is 1. The van der Waals surface area contributed by atoms with Crippen LogP contribution in [0, 0.1) is 0 Å². The average molecular weight is 313 g/mol. The maximum atomic E-state index is 10.8. The van der Waals surface area contributed by atoms with Crippen molar-refractivity contribution in [1.82, 2.24) is 4.98 Å². The van der Waals surface area contributed by atoms with Crippen LogP contribution in [0.5, 0.6) is 0 Å². The quantitative estimate of drug-likeness (QED) is 0.771. The Morgan fingerprint density at radius 3 is 3.05 bits per heavy atom. The number of nitrogens with zero attached hydrogens (tertiary/aromatic N) is 1. The lowest BCUT2D eigenvalue weighted by molar-refractivity contribution is 0.225. The highest BCUT2D eigenvalue weighted by Gasteiger charge is 2.20. The molecule has 21 heavy (non-hydrogen) atoms. The normalized spacial score (nSPS) is 15.9. The summed E-state index contributed by atoms with van der Waals surface area (Å²) in [6, 6.07) is 12.1. The van der Waals surface area contributed by atoms with Crippen molar-refractivity contribution in [3.63, 3.8) is 0 Å². The Hall–Kier alpha value is -1.36. The van der Waals surface area contributed by atoms with E-state index in [1.54, 1.807) is 17.5 Å². The summed E-state index contributed by atoms with van der Waals surface area (Å²) in [6.07, 6.45) is 2.37. The monoisotopic (exact) mass is 313 g/mol. The average Bonchev–Trinajstić information content (AvgIpc) is 2.97. The molecule has 0 radical (unpaired) electrons. The summed E-state index contributed by atoms with van der Waals surface area (Å²) in [4.78, 5) is 6.87. The van der Waals surface area contributed by atoms with Crippen LogP contribution in [-0.2, 0) is 12.2 Å². The van der Waals surface area contributed by atoms with Gasteiger partial charge < -0.3 is 5.11 Å². The van der Waals surface area contributed by atoms with Gasteiger partial charge in [0.2, 0.25) is 0 Å². The highest BCUT2D eigenvalue weighted by molar-refractivity contribution is 7.98. The van der Waals surface area contributed by atoms with E-state index in [4.69, 9.17) is 0 Å². The fourth-order valence-corrected chi connectivity index (χ4v) is 5.21. The van der Waals surface area contributed by atoms with Crippen LogP contribution in [0.2, 0.25) is 0 Å². The zero-order valence-electron chi connectivity index (χ0n) is 11.5. The van der Waals surface area contributed by atoms with Crippen molar-refractivity contribution in [1.29, 1.82) is 0 Å². The predicted molar refractivity (Wildman–Crippen MR) is 90.0 cm³/mol. The van der Waals surface area contributed by atoms with Gasteiger partial charge in [-0.25, -0.2) is 0 Å². The highest BCUT2D eigenvalue weighted by Crippen LogP contribution is 2.37. The van der Waals surface area contributed by atoms with Gasteiger partial charge in [-0.05, 0) is 41.5 Å². The lowest BCUT2D eigenvalue weighted by Gasteiger charge is -2.11. The molecule has 0 amide bonds. The molecule has 1 aliphatic heterocycles. The number of aromatic nitrogens is 1. The van der Waals surface area contributed by atoms with E-state index in [1.165, 1.54) is 16.2 Å². The molecule has 1 unspecified atom stereocenters. The maximum Gasteiger partial charge on any atom is 0.114 e. The van der Waals surface area contributed by atoms with E-state index >= 15 is 0 Å². The van der Waals surface area contributed by atoms with E-state index in [0.29, 0.717) is 0 Å². The lowest BCUT2D eigenvalue weighted by atomic mass is 10.0. The molecular weight excluding hydrogens is 298 g/mol. The summed E-state index contributed by atoms with van der Waals surface area (Å²) in [5, 5.41) is 11.9. The summed E-state index contributed by atoms with van der Waals surface area (Å²) in [5.41, 5.74) is 3.29. The first kappa shape index (κ1) is 13.3. The van der Waals surface area contributed by atoms with E-state index in [9.17, 15) is 5.11 Å². The van der Waals surface area contributed by atoms with Crippen LogP contribution < -0.4 is 0 Å². The molecule has 106 valence electrons. The third kappa shape index (κ3) is 2.37. The molecule has 4 heteroatoms. The van der Waals surface area contributed by atoms with Gasteiger partial charge in [0.15, 0.2) is 0 Å². The van der Waals surface area contributed by atoms with Crippen LogP contribution >= 0.6 is 23.1 Å². The second kappa shape index (κ2) is 5.44. The van der Waals surface area contributed by atoms with Crippen LogP contribution in [0.25, 0.3) is 10.9 Å². The Kier molecular flexibility index (Phi) is 3.45. The van der Waals surface area contributed by atoms with Crippen LogP contribution in [0.3, 0.4) is 0 Å². The molecule has 0 saturated carbocycles. The Morgan fingerprint density at radius 2 is 2.14 bits per heavy atom. The van der Waals surface area contributed by atoms with Crippen LogP contribution in [0.4, 0.5) is 0 Å². The third-order valence-corrected chi connectivity index (χ3v) is 6.19. The van der Waals surface area contributed by atoms with E-state index in [0.717, 1.165) is 33.5 Å². The van der Waals surface area contributed by atoms with Gasteiger partial charge in [0.25, 0.3) is 0 Å². The van der Waals surface area contributed by atoms with Crippen LogP contribution in [-0.4, -0.2) is 15.8 Å². The Balaban J connectivity index is 1.79. The lowest BCUT2D eigenvalue weighted by Crippen LogP contribution is -1.98. The summed E-state index contributed by atoms with van der Waals surface area (Å²) in [5.74, 6) is 2.27. The van der Waals surface area contributed by atoms with Crippen molar-refractivity contribution in [2.24, 2.45) is 0 Å². The number of fused-ring (bicyclic) bond motifs is 2. The third-order valence-electron chi connectivity index (χ3n) is 3.89. The van der Waals surface area contributed by atoms with Gasteiger partial charge in [0, 0.05) is 27.1 Å². The molecule has 1 N–H and O–H groups in total. The van der Waals surface area contributed by atoms with E-state index in [-0.39, 0.29) is 0 Å². The van der Waals surface area contributed by atoms with Crippen molar-refractivity contribution in [3.8, 4) is 0 Å². The molecule has 1 aromatic carbocycles. The molecule has 0 aliphatic carbocycles. The molecule has 0 spiro atoms. The van der Waals surface area contributed by atoms with Crippen molar-refractivity contribution in [2.45, 2.75) is 18.3 Å². The molecule has 1 atom stereocenters. The Labute approximate surface area is 131 Å². The Morgan fingerprint density at radius 1 is 1.19 bits per heavy atom. The number of aliphatic hydroxyl groups excluding tert-OH is 1. The van der Waals surface area contributed by atoms with Gasteiger partial charge in [-0.15, -0.1) is 11.3 Å². The number of thioether (sulfide) groups is 1. The zero-order chi connectivity index (χ0) is 14.2. The summed E-state index contributed by atoms with van der Waals surface area (Å²) in [7, 11) is 0. The second-order valence-corrected chi connectivity index (χ2v) is 7.49. The number of hydrogen-bond acceptors (Lipinski definition) is 4. The topological polar surface area (TPSA) is 33.1 Å². The number of rotatable bonds is 2. The molecule has 1 aliphatic rings. The number of pyridine rings is 1. The minimum atomic E-state index is -0.557. The van der Waals surface area contributed by atoms with Crippen molar-refractivity contribution in [3.05, 3.63) is 63.5 Å². The van der Waals surface area contributed by atoms with E-state index in [2.05, 4.69) is 11.1 Å². The van der Waals surface area contributed by atoms with Crippen molar-refractivity contribution in [2.75, 3.05) is 5.75 Å². The van der Waals surface area contributed by atoms with Gasteiger partial charge >= 0.3 is 0 Å². The SMILES string of the molecule is OC(c1cc2c(s1)CCSC2)c1cccc2ncccc12. The smallest absolute Gasteiger partial charge is 0.114 e. The first-order chi connectivity index (χ1) is 10.3. The molecule has 3 aromatic rings. The standard InChI is InChI=1S/C17H15NOS2/c19-17(16-9-11-10-20-8-6-15(11)21-16)13-3-1-5-14-12(13)4-2-7-18-14/h1-5,7,9,17,19H,6,8,10H2.